The summed E-state index contributed by atoms with van der Waals surface area (Å²) in [5.74, 6) is -0.518. The Hall–Kier alpha value is -1.51. The first-order valence-electron chi connectivity index (χ1n) is 36.1. The number of carbonyl (C=O) groups is 2. The van der Waals surface area contributed by atoms with Gasteiger partial charge in [0.25, 0.3) is 7.82 Å². The van der Waals surface area contributed by atoms with Gasteiger partial charge in [-0.2, -0.15) is 0 Å². The van der Waals surface area contributed by atoms with E-state index in [9.17, 15) is 19.0 Å². The van der Waals surface area contributed by atoms with Crippen molar-refractivity contribution in [3.05, 3.63) is 24.3 Å². The van der Waals surface area contributed by atoms with Gasteiger partial charge >= 0.3 is 5.97 Å². The molecule has 0 radical (unpaired) electrons. The van der Waals surface area contributed by atoms with Crippen LogP contribution in [-0.2, 0) is 27.9 Å². The molecule has 0 aromatic heterocycles. The lowest BCUT2D eigenvalue weighted by molar-refractivity contribution is -0.870. The van der Waals surface area contributed by atoms with Gasteiger partial charge < -0.3 is 28.5 Å². The zero-order valence-electron chi connectivity index (χ0n) is 55.7. The molecule has 1 amide bonds. The average molecular weight is 1180 g/mol. The number of ether oxygens (including phenoxy) is 1. The monoisotopic (exact) mass is 1180 g/mol. The van der Waals surface area contributed by atoms with Gasteiger partial charge in [-0.15, -0.1) is 0 Å². The summed E-state index contributed by atoms with van der Waals surface area (Å²) in [5, 5.41) is 3.05. The van der Waals surface area contributed by atoms with Crippen molar-refractivity contribution >= 4 is 19.7 Å². The summed E-state index contributed by atoms with van der Waals surface area (Å²) in [6.45, 7) is 6.91. The number of phosphoric acid groups is 1. The second kappa shape index (κ2) is 62.5. The fourth-order valence-corrected chi connectivity index (χ4v) is 11.8. The van der Waals surface area contributed by atoms with Crippen molar-refractivity contribution in [1.82, 2.24) is 5.32 Å². The number of unbranched alkanes of at least 4 members (excludes halogenated alkanes) is 49. The molecule has 0 aliphatic carbocycles. The Morgan fingerprint density at radius 1 is 0.415 bits per heavy atom. The third kappa shape index (κ3) is 63.0. The van der Waals surface area contributed by atoms with Crippen LogP contribution in [0.1, 0.15) is 374 Å². The van der Waals surface area contributed by atoms with Crippen LogP contribution in [0.5, 0.6) is 0 Å². The van der Waals surface area contributed by atoms with E-state index in [4.69, 9.17) is 13.8 Å². The first-order valence-corrected chi connectivity index (χ1v) is 37.6. The number of nitrogens with zero attached hydrogens (tertiary/aromatic N) is 1. The summed E-state index contributed by atoms with van der Waals surface area (Å²) in [5.41, 5.74) is 0. The van der Waals surface area contributed by atoms with Gasteiger partial charge in [0.2, 0.25) is 5.91 Å². The van der Waals surface area contributed by atoms with Crippen LogP contribution in [-0.4, -0.2) is 69.4 Å². The van der Waals surface area contributed by atoms with Gasteiger partial charge in [-0.1, -0.05) is 328 Å². The number of likely N-dealkylation sites (N-methyl/N-ethyl adjacent to an activating group) is 1. The molecule has 1 N–H and O–H groups in total. The second-order valence-corrected chi connectivity index (χ2v) is 27.5. The first kappa shape index (κ1) is 80.5. The van der Waals surface area contributed by atoms with E-state index in [0.29, 0.717) is 17.4 Å². The molecule has 82 heavy (non-hydrogen) atoms. The minimum Gasteiger partial charge on any atom is -0.756 e. The number of quaternary nitrogens is 1. The lowest BCUT2D eigenvalue weighted by Crippen LogP contribution is -2.47. The van der Waals surface area contributed by atoms with E-state index in [1.165, 1.54) is 283 Å². The third-order valence-electron chi connectivity index (χ3n) is 16.6. The highest BCUT2D eigenvalue weighted by Crippen LogP contribution is 2.38. The standard InChI is InChI=1S/C72H141N2O7P/c1-7-10-13-16-19-22-25-28-30-32-34-36-37-39-40-42-44-46-49-52-55-58-61-64-71(75)73-69(68-80-82(77,78)79-67-66-74(4,5)6)70(63-60-57-54-51-48-27-24-21-18-15-12-9-3)81-72(76)65-62-59-56-53-50-47-45-43-41-38-35-33-31-29-26-23-20-17-14-11-8-2/h29,31,60,63,69-70H,7-28,30,32-59,61-62,64-68H2,1-6H3,(H-,73,75,77,78)/b31-29+,63-60+. The highest BCUT2D eigenvalue weighted by Gasteiger charge is 2.27. The SMILES string of the molecule is CCCCCCCC/C=C/CCCCCCCCCCCCCC(=O)OC(/C=C/CCCCCCCCCCCC)C(COP(=O)([O-])OCC[N+](C)(C)C)NC(=O)CCCCCCCCCCCCCCCCCCCCCCCCC. The van der Waals surface area contributed by atoms with Gasteiger partial charge in [0.05, 0.1) is 33.8 Å². The molecule has 0 aromatic rings. The molecule has 0 aliphatic heterocycles. The van der Waals surface area contributed by atoms with Crippen molar-refractivity contribution in [2.45, 2.75) is 386 Å². The minimum absolute atomic E-state index is 0.0182. The van der Waals surface area contributed by atoms with Crippen LogP contribution in [0.15, 0.2) is 24.3 Å². The smallest absolute Gasteiger partial charge is 0.306 e. The van der Waals surface area contributed by atoms with Gasteiger partial charge in [-0.3, -0.25) is 14.2 Å². The predicted octanol–water partition coefficient (Wildman–Crippen LogP) is 22.2. The Labute approximate surface area is 511 Å². The van der Waals surface area contributed by atoms with Gasteiger partial charge in [0.15, 0.2) is 0 Å². The zero-order chi connectivity index (χ0) is 60.0. The van der Waals surface area contributed by atoms with E-state index in [1.807, 2.05) is 33.3 Å². The lowest BCUT2D eigenvalue weighted by Gasteiger charge is -2.30. The molecule has 0 aliphatic rings. The van der Waals surface area contributed by atoms with E-state index in [2.05, 4.69) is 38.2 Å². The van der Waals surface area contributed by atoms with Crippen LogP contribution in [0.3, 0.4) is 0 Å². The molecule has 0 spiro atoms. The maximum Gasteiger partial charge on any atom is 0.306 e. The summed E-state index contributed by atoms with van der Waals surface area (Å²) >= 11 is 0. The van der Waals surface area contributed by atoms with Crippen molar-refractivity contribution in [3.8, 4) is 0 Å². The molecule has 0 heterocycles. The molecule has 3 unspecified atom stereocenters. The Morgan fingerprint density at radius 3 is 1.04 bits per heavy atom. The number of carbonyl (C=O) groups excluding carboxylic acids is 2. The highest BCUT2D eigenvalue weighted by molar-refractivity contribution is 7.45. The van der Waals surface area contributed by atoms with Gasteiger partial charge in [0.1, 0.15) is 19.3 Å². The van der Waals surface area contributed by atoms with E-state index in [-0.39, 0.29) is 31.5 Å². The maximum absolute atomic E-state index is 13.6. The third-order valence-corrected chi connectivity index (χ3v) is 17.6. The van der Waals surface area contributed by atoms with Crippen LogP contribution in [0.2, 0.25) is 0 Å². The molecule has 0 saturated carbocycles. The molecular weight excluding hydrogens is 1040 g/mol. The summed E-state index contributed by atoms with van der Waals surface area (Å²) < 4.78 is 30.5. The molecule has 3 atom stereocenters. The molecule has 0 aromatic carbocycles. The summed E-state index contributed by atoms with van der Waals surface area (Å²) in [6, 6.07) is -0.884. The number of hydrogen-bond donors (Lipinski definition) is 1. The molecule has 0 rings (SSSR count). The maximum atomic E-state index is 13.6. The Balaban J connectivity index is 5.02. The fourth-order valence-electron chi connectivity index (χ4n) is 11.1. The molecule has 0 saturated heterocycles. The largest absolute Gasteiger partial charge is 0.756 e. The van der Waals surface area contributed by atoms with Crippen LogP contribution in [0.4, 0.5) is 0 Å². The van der Waals surface area contributed by atoms with E-state index in [0.717, 1.165) is 57.8 Å². The van der Waals surface area contributed by atoms with Gasteiger partial charge in [0, 0.05) is 12.8 Å². The van der Waals surface area contributed by atoms with Gasteiger partial charge in [-0.05, 0) is 57.4 Å². The Bertz CT molecular complexity index is 1450. The van der Waals surface area contributed by atoms with Crippen molar-refractivity contribution in [3.63, 3.8) is 0 Å². The van der Waals surface area contributed by atoms with Crippen LogP contribution < -0.4 is 10.2 Å². The molecule has 0 bridgehead atoms. The first-order chi connectivity index (χ1) is 39.9. The van der Waals surface area contributed by atoms with Crippen LogP contribution >= 0.6 is 7.82 Å². The molecule has 9 nitrogen and oxygen atoms in total. The minimum atomic E-state index is -4.70. The number of esters is 1. The summed E-state index contributed by atoms with van der Waals surface area (Å²) in [6.07, 6.45) is 75.9. The number of allylic oxidation sites excluding steroid dienone is 3. The molecule has 10 heteroatoms. The van der Waals surface area contributed by atoms with Crippen molar-refractivity contribution < 1.29 is 37.3 Å². The van der Waals surface area contributed by atoms with Crippen molar-refractivity contribution in [2.24, 2.45) is 0 Å². The van der Waals surface area contributed by atoms with Crippen molar-refractivity contribution in [2.75, 3.05) is 40.9 Å². The quantitative estimate of drug-likeness (QED) is 0.0212. The Kier molecular flexibility index (Phi) is 61.4. The highest BCUT2D eigenvalue weighted by atomic mass is 31.2. The average Bonchev–Trinajstić information content (AvgIpc) is 3.44. The normalized spacial score (nSPS) is 13.6. The van der Waals surface area contributed by atoms with Crippen LogP contribution in [0.25, 0.3) is 0 Å². The van der Waals surface area contributed by atoms with E-state index >= 15 is 0 Å². The molecule has 486 valence electrons. The lowest BCUT2D eigenvalue weighted by atomic mass is 10.0. The molecular formula is C72H141N2O7P. The van der Waals surface area contributed by atoms with E-state index < -0.39 is 20.0 Å². The number of hydrogen-bond acceptors (Lipinski definition) is 7. The van der Waals surface area contributed by atoms with Crippen LogP contribution in [0, 0.1) is 0 Å². The second-order valence-electron chi connectivity index (χ2n) is 26.1. The number of phosphoric ester groups is 1. The van der Waals surface area contributed by atoms with Gasteiger partial charge in [-0.25, -0.2) is 0 Å². The Morgan fingerprint density at radius 2 is 0.707 bits per heavy atom. The number of rotatable bonds is 67. The topological polar surface area (TPSA) is 114 Å². The fraction of sp³-hybridized carbons (Fsp3) is 0.917. The molecule has 0 fully saturated rings. The summed E-state index contributed by atoms with van der Waals surface area (Å²) in [7, 11) is 1.21. The van der Waals surface area contributed by atoms with Crippen molar-refractivity contribution in [1.29, 1.82) is 0 Å². The number of amides is 1. The van der Waals surface area contributed by atoms with E-state index in [1.54, 1.807) is 0 Å². The predicted molar refractivity (Wildman–Crippen MR) is 353 cm³/mol. The summed E-state index contributed by atoms with van der Waals surface area (Å²) in [4.78, 5) is 40.2. The zero-order valence-corrected chi connectivity index (χ0v) is 56.6. The number of nitrogens with one attached hydrogen (secondary N) is 1.